The molecule has 0 N–H and O–H groups in total. The largest absolute Gasteiger partial charge is 0.461 e. The molecule has 0 radical (unpaired) electrons. The fourth-order valence-electron chi connectivity index (χ4n) is 5.58. The Morgan fingerprint density at radius 3 is 2.50 bits per heavy atom. The average molecular weight is 355 g/mol. The Kier molecular flexibility index (Phi) is 4.03. The third kappa shape index (κ3) is 2.39. The predicted octanol–water partition coefficient (Wildman–Crippen LogP) is 3.30. The molecule has 3 aliphatic rings. The number of carbonyl (C=O) groups is 3. The summed E-state index contributed by atoms with van der Waals surface area (Å²) in [5.74, 6) is -0.620. The molecule has 0 aromatic heterocycles. The molecule has 0 amide bonds. The molecule has 0 heterocycles. The van der Waals surface area contributed by atoms with Crippen LogP contribution in [-0.2, 0) is 19.1 Å². The van der Waals surface area contributed by atoms with Gasteiger partial charge in [-0.25, -0.2) is 0 Å². The molecule has 0 saturated heterocycles. The fraction of sp³-hybridized carbons (Fsp3) is 0.619. The van der Waals surface area contributed by atoms with Gasteiger partial charge in [0, 0.05) is 29.6 Å². The van der Waals surface area contributed by atoms with Gasteiger partial charge in [-0.1, -0.05) is 33.8 Å². The number of carbonyl (C=O) groups excluding carboxylic acids is 3. The van der Waals surface area contributed by atoms with E-state index in [1.54, 1.807) is 12.2 Å². The van der Waals surface area contributed by atoms with E-state index in [0.29, 0.717) is 0 Å². The Balaban J connectivity index is 2.21. The monoisotopic (exact) mass is 355 g/mol. The summed E-state index contributed by atoms with van der Waals surface area (Å²) >= 11 is 0. The van der Waals surface area contributed by atoms with Gasteiger partial charge in [-0.15, -0.1) is 0 Å². The second-order valence-corrected chi connectivity index (χ2v) is 8.84. The van der Waals surface area contributed by atoms with Crippen LogP contribution in [0.5, 0.6) is 0 Å². The lowest BCUT2D eigenvalue weighted by molar-refractivity contribution is -0.157. The van der Waals surface area contributed by atoms with E-state index in [1.165, 1.54) is 6.92 Å². The molecule has 0 spiro atoms. The zero-order valence-corrected chi connectivity index (χ0v) is 16.0. The Morgan fingerprint density at radius 2 is 1.92 bits per heavy atom. The van der Waals surface area contributed by atoms with Gasteiger partial charge in [0.1, 0.15) is 12.2 Å². The molecule has 5 heteroatoms. The molecule has 26 heavy (non-hydrogen) atoms. The summed E-state index contributed by atoms with van der Waals surface area (Å²) in [5, 5.41) is 9.49. The minimum Gasteiger partial charge on any atom is -0.461 e. The van der Waals surface area contributed by atoms with Gasteiger partial charge in [0.15, 0.2) is 11.6 Å². The van der Waals surface area contributed by atoms with Crippen molar-refractivity contribution in [2.45, 2.75) is 60.0 Å². The van der Waals surface area contributed by atoms with E-state index < -0.39 is 28.3 Å². The first-order valence-corrected chi connectivity index (χ1v) is 9.07. The molecule has 0 bridgehead atoms. The standard InChI is InChI=1S/C21H25NO4/c1-12(23)26-17-9-14(24)8-16-20(17,4)7-6-15-19(2,3)18(25)13(11-22)10-21(15,16)5/h8,10,15,17H,6-7,9H2,1-5H3/t15-,17+,20+,21-/m0/s1. The van der Waals surface area contributed by atoms with E-state index in [9.17, 15) is 19.6 Å². The van der Waals surface area contributed by atoms with E-state index in [2.05, 4.69) is 0 Å². The molecule has 4 atom stereocenters. The van der Waals surface area contributed by atoms with Crippen LogP contribution >= 0.6 is 0 Å². The Labute approximate surface area is 154 Å². The minimum absolute atomic E-state index is 0.0113. The topological polar surface area (TPSA) is 84.2 Å². The summed E-state index contributed by atoms with van der Waals surface area (Å²) in [6.07, 6.45) is 4.59. The van der Waals surface area contributed by atoms with E-state index in [0.717, 1.165) is 18.4 Å². The maximum atomic E-state index is 12.7. The molecule has 1 fully saturated rings. The van der Waals surface area contributed by atoms with Crippen molar-refractivity contribution in [3.05, 3.63) is 23.3 Å². The summed E-state index contributed by atoms with van der Waals surface area (Å²) in [5.41, 5.74) is -0.714. The molecule has 0 unspecified atom stereocenters. The summed E-state index contributed by atoms with van der Waals surface area (Å²) < 4.78 is 5.53. The number of ketones is 2. The Morgan fingerprint density at radius 1 is 1.27 bits per heavy atom. The van der Waals surface area contributed by atoms with Crippen LogP contribution < -0.4 is 0 Å². The fourth-order valence-corrected chi connectivity index (χ4v) is 5.58. The van der Waals surface area contributed by atoms with E-state index >= 15 is 0 Å². The predicted molar refractivity (Wildman–Crippen MR) is 94.7 cm³/mol. The molecule has 138 valence electrons. The molecule has 5 nitrogen and oxygen atoms in total. The molecule has 3 rings (SSSR count). The first kappa shape index (κ1) is 18.6. The van der Waals surface area contributed by atoms with Crippen LogP contribution in [-0.4, -0.2) is 23.6 Å². The van der Waals surface area contributed by atoms with Gasteiger partial charge >= 0.3 is 5.97 Å². The highest BCUT2D eigenvalue weighted by Gasteiger charge is 2.61. The van der Waals surface area contributed by atoms with Crippen molar-refractivity contribution in [1.82, 2.24) is 0 Å². The van der Waals surface area contributed by atoms with Crippen molar-refractivity contribution in [3.63, 3.8) is 0 Å². The van der Waals surface area contributed by atoms with E-state index in [4.69, 9.17) is 4.74 Å². The van der Waals surface area contributed by atoms with E-state index in [-0.39, 0.29) is 29.5 Å². The number of nitriles is 1. The molecular formula is C21H25NO4. The first-order valence-electron chi connectivity index (χ1n) is 9.07. The molecular weight excluding hydrogens is 330 g/mol. The Hall–Kier alpha value is -2.22. The van der Waals surface area contributed by atoms with Crippen molar-refractivity contribution in [3.8, 4) is 6.07 Å². The van der Waals surface area contributed by atoms with Crippen molar-refractivity contribution >= 4 is 17.5 Å². The number of rotatable bonds is 1. The van der Waals surface area contributed by atoms with Crippen LogP contribution in [0.4, 0.5) is 0 Å². The normalized spacial score (nSPS) is 38.3. The number of allylic oxidation sites excluding steroid dienone is 3. The number of hydrogen-bond acceptors (Lipinski definition) is 5. The Bertz CT molecular complexity index is 812. The van der Waals surface area contributed by atoms with Gasteiger partial charge in [-0.05, 0) is 30.4 Å². The van der Waals surface area contributed by atoms with Crippen molar-refractivity contribution in [2.24, 2.45) is 22.2 Å². The highest BCUT2D eigenvalue weighted by molar-refractivity contribution is 6.04. The zero-order chi connectivity index (χ0) is 19.5. The van der Waals surface area contributed by atoms with Crippen molar-refractivity contribution in [1.29, 1.82) is 5.26 Å². The summed E-state index contributed by atoms with van der Waals surface area (Å²) in [6.45, 7) is 9.18. The van der Waals surface area contributed by atoms with E-state index in [1.807, 2.05) is 33.8 Å². The van der Waals surface area contributed by atoms with Gasteiger partial charge < -0.3 is 4.74 Å². The zero-order valence-electron chi connectivity index (χ0n) is 16.0. The van der Waals surface area contributed by atoms with Crippen LogP contribution in [0.1, 0.15) is 53.9 Å². The second-order valence-electron chi connectivity index (χ2n) is 8.84. The average Bonchev–Trinajstić information content (AvgIpc) is 2.53. The quantitative estimate of drug-likeness (QED) is 0.674. The van der Waals surface area contributed by atoms with Crippen LogP contribution in [0.25, 0.3) is 0 Å². The van der Waals surface area contributed by atoms with Crippen LogP contribution in [0.3, 0.4) is 0 Å². The highest BCUT2D eigenvalue weighted by atomic mass is 16.5. The molecule has 0 aromatic carbocycles. The number of esters is 1. The van der Waals surface area contributed by atoms with Crippen molar-refractivity contribution in [2.75, 3.05) is 0 Å². The number of nitrogens with zero attached hydrogens (tertiary/aromatic N) is 1. The SMILES string of the molecule is CC(=O)O[C@@H]1CC(=O)C=C2[C@@]3(C)C=C(C#N)C(=O)C(C)(C)[C@@H]3CC[C@]21C. The lowest BCUT2D eigenvalue weighted by Crippen LogP contribution is -2.57. The number of fused-ring (bicyclic) bond motifs is 3. The third-order valence-corrected chi connectivity index (χ3v) is 6.85. The van der Waals surface area contributed by atoms with Crippen LogP contribution in [0, 0.1) is 33.5 Å². The summed E-state index contributed by atoms with van der Waals surface area (Å²) in [7, 11) is 0. The molecule has 0 aromatic rings. The lowest BCUT2D eigenvalue weighted by atomic mass is 9.44. The second kappa shape index (κ2) is 5.64. The van der Waals surface area contributed by atoms with Crippen LogP contribution in [0.15, 0.2) is 23.3 Å². The minimum atomic E-state index is -0.686. The molecule has 0 aliphatic heterocycles. The maximum absolute atomic E-state index is 12.7. The molecule has 1 saturated carbocycles. The van der Waals surface area contributed by atoms with Crippen molar-refractivity contribution < 1.29 is 19.1 Å². The van der Waals surface area contributed by atoms with Gasteiger partial charge in [-0.2, -0.15) is 5.26 Å². The number of hydrogen-bond donors (Lipinski definition) is 0. The van der Waals surface area contributed by atoms with Gasteiger partial charge in [0.05, 0.1) is 5.57 Å². The number of ether oxygens (including phenoxy) is 1. The molecule has 3 aliphatic carbocycles. The third-order valence-electron chi connectivity index (χ3n) is 6.85. The first-order chi connectivity index (χ1) is 12.0. The lowest BCUT2D eigenvalue weighted by Gasteiger charge is -2.59. The van der Waals surface area contributed by atoms with Gasteiger partial charge in [-0.3, -0.25) is 14.4 Å². The van der Waals surface area contributed by atoms with Crippen LogP contribution in [0.2, 0.25) is 0 Å². The van der Waals surface area contributed by atoms with Gasteiger partial charge in [0.25, 0.3) is 0 Å². The summed E-state index contributed by atoms with van der Waals surface area (Å²) in [4.78, 5) is 36.8. The number of Topliss-reactive ketones (excluding diaryl/α,β-unsaturated/α-hetero) is 1. The van der Waals surface area contributed by atoms with Gasteiger partial charge in [0.2, 0.25) is 0 Å². The smallest absolute Gasteiger partial charge is 0.302 e. The maximum Gasteiger partial charge on any atom is 0.302 e. The highest BCUT2D eigenvalue weighted by Crippen LogP contribution is 2.64. The summed E-state index contributed by atoms with van der Waals surface area (Å²) in [6, 6.07) is 2.04.